The van der Waals surface area contributed by atoms with Crippen LogP contribution in [0.2, 0.25) is 0 Å². The highest BCUT2D eigenvalue weighted by Gasteiger charge is 1.83. The summed E-state index contributed by atoms with van der Waals surface area (Å²) in [5.74, 6) is -0.906. The lowest BCUT2D eigenvalue weighted by molar-refractivity contribution is -0.134. The van der Waals surface area contributed by atoms with Gasteiger partial charge >= 0.3 is 5.97 Å². The third kappa shape index (κ3) is 27.5. The molecule has 0 aliphatic carbocycles. The van der Waals surface area contributed by atoms with Gasteiger partial charge in [0.25, 0.3) is 0 Å². The van der Waals surface area contributed by atoms with E-state index in [-0.39, 0.29) is 5.88 Å². The van der Waals surface area contributed by atoms with Gasteiger partial charge in [-0.3, -0.25) is 4.79 Å². The number of carboxylic acids is 1. The lowest BCUT2D eigenvalue weighted by Gasteiger charge is -1.78. The van der Waals surface area contributed by atoms with Crippen molar-refractivity contribution in [3.63, 3.8) is 0 Å². The zero-order valence-corrected chi connectivity index (χ0v) is 6.43. The number of alkyl halides is 1. The van der Waals surface area contributed by atoms with Crippen LogP contribution in [-0.4, -0.2) is 17.0 Å². The van der Waals surface area contributed by atoms with Crippen LogP contribution in [0.3, 0.4) is 0 Å². The molecule has 0 aliphatic heterocycles. The third-order valence-electron chi connectivity index (χ3n) is 0.448. The summed E-state index contributed by atoms with van der Waals surface area (Å²) < 4.78 is 0. The maximum absolute atomic E-state index is 9.24. The molecule has 0 unspecified atom stereocenters. The van der Waals surface area contributed by atoms with E-state index in [0.29, 0.717) is 5.82 Å². The molecule has 0 radical (unpaired) electrons. The zero-order valence-electron chi connectivity index (χ0n) is 5.67. The Balaban J connectivity index is 0. The summed E-state index contributed by atoms with van der Waals surface area (Å²) in [6.45, 7) is 1.79. The fourth-order valence-corrected chi connectivity index (χ4v) is 0. The largest absolute Gasteiger partial charge is 0.480 e. The van der Waals surface area contributed by atoms with Crippen molar-refractivity contribution >= 4 is 17.6 Å². The number of hydrogen-bond acceptors (Lipinski definition) is 3. The minimum Gasteiger partial charge on any atom is -0.480 e. The molecule has 0 heterocycles. The molecule has 0 fully saturated rings. The molecule has 0 rings (SSSR count). The fraction of sp³-hybridized carbons (Fsp3) is 0.400. The average molecular weight is 167 g/mol. The van der Waals surface area contributed by atoms with Crippen LogP contribution in [0.1, 0.15) is 6.92 Å². The zero-order chi connectivity index (χ0) is 8.57. The van der Waals surface area contributed by atoms with Crippen LogP contribution in [0.15, 0.2) is 11.9 Å². The minimum atomic E-state index is -0.980. The van der Waals surface area contributed by atoms with E-state index in [9.17, 15) is 4.79 Å². The van der Waals surface area contributed by atoms with Crippen molar-refractivity contribution in [1.82, 2.24) is 0 Å². The molecule has 5 N–H and O–H groups in total. The Morgan fingerprint density at radius 1 is 1.70 bits per heavy atom. The van der Waals surface area contributed by atoms with Gasteiger partial charge in [0.1, 0.15) is 5.88 Å². The average Bonchev–Trinajstić information content (AvgIpc) is 1.89. The fourth-order valence-electron chi connectivity index (χ4n) is 0. The first-order chi connectivity index (χ1) is 4.54. The van der Waals surface area contributed by atoms with E-state index >= 15 is 0 Å². The van der Waals surface area contributed by atoms with Gasteiger partial charge in [-0.25, -0.2) is 0 Å². The summed E-state index contributed by atoms with van der Waals surface area (Å²) in [7, 11) is 0. The van der Waals surface area contributed by atoms with Crippen LogP contribution in [0.25, 0.3) is 0 Å². The van der Waals surface area contributed by atoms with Crippen LogP contribution in [0.4, 0.5) is 0 Å². The molecule has 0 atom stereocenters. The Bertz CT molecular complexity index is 121. The predicted octanol–water partition coefficient (Wildman–Crippen LogP) is 0.0749. The smallest absolute Gasteiger partial charge is 0.318 e. The number of carbonyl (C=O) groups is 1. The molecule has 0 spiro atoms. The number of allylic oxidation sites excluding steroid dienone is 1. The topological polar surface area (TPSA) is 89.3 Å². The summed E-state index contributed by atoms with van der Waals surface area (Å²) in [5, 5.41) is 7.59. The summed E-state index contributed by atoms with van der Waals surface area (Å²) in [6, 6.07) is 0. The van der Waals surface area contributed by atoms with Crippen molar-refractivity contribution in [2.75, 3.05) is 5.88 Å². The molecule has 0 aromatic carbocycles. The molecule has 0 aromatic heterocycles. The monoisotopic (exact) mass is 166 g/mol. The molecule has 0 aliphatic rings. The first-order valence-electron chi connectivity index (χ1n) is 2.49. The van der Waals surface area contributed by atoms with Crippen LogP contribution in [0.5, 0.6) is 0 Å². The normalized spacial score (nSPS) is 7.00. The van der Waals surface area contributed by atoms with Crippen molar-refractivity contribution in [2.24, 2.45) is 11.5 Å². The molecule has 10 heavy (non-hydrogen) atoms. The molecule has 0 saturated carbocycles. The van der Waals surface area contributed by atoms with Gasteiger partial charge in [0.15, 0.2) is 0 Å². The van der Waals surface area contributed by atoms with Crippen molar-refractivity contribution in [2.45, 2.75) is 6.92 Å². The second-order valence-electron chi connectivity index (χ2n) is 1.32. The van der Waals surface area contributed by atoms with Crippen LogP contribution < -0.4 is 11.5 Å². The second-order valence-corrected chi connectivity index (χ2v) is 1.58. The van der Waals surface area contributed by atoms with Crippen LogP contribution in [-0.2, 0) is 4.79 Å². The van der Waals surface area contributed by atoms with Gasteiger partial charge in [0, 0.05) is 0 Å². The summed E-state index contributed by atoms with van der Waals surface area (Å²) >= 11 is 4.74. The molecule has 4 nitrogen and oxygen atoms in total. The quantitative estimate of drug-likeness (QED) is 0.481. The Hall–Kier alpha value is -0.900. The van der Waals surface area contributed by atoms with Gasteiger partial charge in [-0.05, 0) is 13.0 Å². The number of halogens is 1. The van der Waals surface area contributed by atoms with Gasteiger partial charge in [-0.15, -0.1) is 11.6 Å². The molecule has 0 saturated heterocycles. The number of hydrogen-bond donors (Lipinski definition) is 3. The van der Waals surface area contributed by atoms with Crippen LogP contribution >= 0.6 is 11.6 Å². The van der Waals surface area contributed by atoms with E-state index in [1.807, 2.05) is 0 Å². The lowest BCUT2D eigenvalue weighted by atomic mass is 10.6. The number of aliphatic carboxylic acids is 1. The van der Waals surface area contributed by atoms with Crippen molar-refractivity contribution in [1.29, 1.82) is 0 Å². The Labute approximate surface area is 64.5 Å². The van der Waals surface area contributed by atoms with E-state index in [4.69, 9.17) is 28.2 Å². The Kier molecular flexibility index (Phi) is 9.59. The molecule has 5 heteroatoms. The Morgan fingerprint density at radius 3 is 1.90 bits per heavy atom. The predicted molar refractivity (Wildman–Crippen MR) is 40.5 cm³/mol. The van der Waals surface area contributed by atoms with E-state index in [1.165, 1.54) is 0 Å². The minimum absolute atomic E-state index is 0.306. The first-order valence-corrected chi connectivity index (χ1v) is 3.03. The second kappa shape index (κ2) is 8.10. The molecule has 60 valence electrons. The lowest BCUT2D eigenvalue weighted by Crippen LogP contribution is -2.06. The van der Waals surface area contributed by atoms with Gasteiger partial charge in [-0.1, -0.05) is 0 Å². The van der Waals surface area contributed by atoms with Crippen molar-refractivity contribution in [3.8, 4) is 0 Å². The molecular formula is C5H11ClN2O2. The SMILES string of the molecule is CC=C(N)N.O=C(O)CCl. The van der Waals surface area contributed by atoms with Crippen LogP contribution in [0, 0.1) is 0 Å². The summed E-state index contributed by atoms with van der Waals surface area (Å²) in [6.07, 6.45) is 1.64. The van der Waals surface area contributed by atoms with Crippen molar-refractivity contribution in [3.05, 3.63) is 11.9 Å². The standard InChI is InChI=1S/C3H8N2.C2H3ClO2/c1-2-3(4)5;3-1-2(4)5/h2H,4-5H2,1H3;1H2,(H,4,5). The highest BCUT2D eigenvalue weighted by Crippen LogP contribution is 1.67. The van der Waals surface area contributed by atoms with Gasteiger partial charge in [-0.2, -0.15) is 0 Å². The van der Waals surface area contributed by atoms with E-state index in [2.05, 4.69) is 0 Å². The highest BCUT2D eigenvalue weighted by atomic mass is 35.5. The molecule has 0 bridgehead atoms. The highest BCUT2D eigenvalue weighted by molar-refractivity contribution is 6.26. The maximum Gasteiger partial charge on any atom is 0.318 e. The molecular weight excluding hydrogens is 156 g/mol. The Morgan fingerprint density at radius 2 is 1.90 bits per heavy atom. The maximum atomic E-state index is 9.24. The van der Waals surface area contributed by atoms with E-state index in [0.717, 1.165) is 0 Å². The van der Waals surface area contributed by atoms with Gasteiger partial charge in [0.2, 0.25) is 0 Å². The van der Waals surface area contributed by atoms with Gasteiger partial charge in [0.05, 0.1) is 5.82 Å². The molecule has 0 aromatic rings. The number of nitrogens with two attached hydrogens (primary N) is 2. The summed E-state index contributed by atoms with van der Waals surface area (Å²) in [4.78, 5) is 9.24. The number of rotatable bonds is 1. The third-order valence-corrected chi connectivity index (χ3v) is 0.676. The summed E-state index contributed by atoms with van der Waals surface area (Å²) in [5.41, 5.74) is 9.86. The van der Waals surface area contributed by atoms with Gasteiger partial charge < -0.3 is 16.6 Å². The van der Waals surface area contributed by atoms with E-state index in [1.54, 1.807) is 13.0 Å². The van der Waals surface area contributed by atoms with E-state index < -0.39 is 5.97 Å². The number of carboxylic acid groups (broad SMARTS) is 1. The van der Waals surface area contributed by atoms with Crippen molar-refractivity contribution < 1.29 is 9.90 Å². The molecule has 0 amide bonds. The first kappa shape index (κ1) is 11.8.